The van der Waals surface area contributed by atoms with Gasteiger partial charge in [-0.3, -0.25) is 0 Å². The minimum atomic E-state index is -0.529. The van der Waals surface area contributed by atoms with Crippen LogP contribution in [0.3, 0.4) is 0 Å². The lowest BCUT2D eigenvalue weighted by Crippen LogP contribution is -2.25. The molecule has 2 aromatic heterocycles. The van der Waals surface area contributed by atoms with Gasteiger partial charge in [0.1, 0.15) is 11.0 Å². The van der Waals surface area contributed by atoms with Gasteiger partial charge in [0.2, 0.25) is 0 Å². The zero-order valence-corrected chi connectivity index (χ0v) is 40.8. The fourth-order valence-electron chi connectivity index (χ4n) is 14.4. The maximum atomic E-state index is 10.3. The second-order valence-electron chi connectivity index (χ2n) is 20.3. The van der Waals surface area contributed by atoms with Gasteiger partial charge >= 0.3 is 0 Å². The number of rotatable bonds is 2. The smallest absolute Gasteiger partial charge is 0.187 e. The Kier molecular flexibility index (Phi) is 7.86. The number of fused-ring (bicyclic) bond motifs is 27. The predicted octanol–water partition coefficient (Wildman–Crippen LogP) is 17.6. The van der Waals surface area contributed by atoms with Crippen LogP contribution in [-0.4, -0.2) is 9.97 Å². The number of nitriles is 1. The first-order valence-corrected chi connectivity index (χ1v) is 26.2. The summed E-state index contributed by atoms with van der Waals surface area (Å²) in [5, 5.41) is 14.0. The minimum absolute atomic E-state index is 0.529. The van der Waals surface area contributed by atoms with Crippen LogP contribution in [0.1, 0.15) is 50.1 Å². The first kappa shape index (κ1) is 40.8. The van der Waals surface area contributed by atoms with E-state index in [1.165, 1.54) is 89.0 Å². The van der Waals surface area contributed by atoms with Gasteiger partial charge in [-0.25, -0.2) is 14.8 Å². The van der Waals surface area contributed by atoms with E-state index in [0.29, 0.717) is 22.3 Å². The maximum absolute atomic E-state index is 10.3. The van der Waals surface area contributed by atoms with Crippen molar-refractivity contribution in [2.45, 2.75) is 10.8 Å². The Bertz CT molecular complexity index is 4490. The fourth-order valence-corrected chi connectivity index (χ4v) is 15.7. The van der Waals surface area contributed by atoms with E-state index >= 15 is 0 Å². The Labute approximate surface area is 435 Å². The number of benzene rings is 11. The van der Waals surface area contributed by atoms with Gasteiger partial charge in [-0.1, -0.05) is 200 Å². The van der Waals surface area contributed by atoms with Crippen LogP contribution in [0.25, 0.3) is 114 Å². The van der Waals surface area contributed by atoms with Crippen molar-refractivity contribution in [1.82, 2.24) is 9.97 Å². The van der Waals surface area contributed by atoms with Gasteiger partial charge in [-0.15, -0.1) is 11.3 Å². The van der Waals surface area contributed by atoms with Crippen molar-refractivity contribution in [3.63, 3.8) is 0 Å². The van der Waals surface area contributed by atoms with E-state index in [1.807, 2.05) is 36.4 Å². The number of hydrogen-bond acceptors (Lipinski definition) is 4. The molecule has 2 spiro atoms. The summed E-state index contributed by atoms with van der Waals surface area (Å²) < 4.78 is 0. The molecule has 0 atom stereocenters. The molecule has 342 valence electrons. The highest BCUT2D eigenvalue weighted by Gasteiger charge is 2.54. The van der Waals surface area contributed by atoms with Crippen molar-refractivity contribution in [1.29, 1.82) is 5.26 Å². The van der Waals surface area contributed by atoms with E-state index < -0.39 is 10.8 Å². The topological polar surface area (TPSA) is 53.9 Å². The van der Waals surface area contributed by atoms with Crippen LogP contribution in [0.15, 0.2) is 218 Å². The van der Waals surface area contributed by atoms with Crippen LogP contribution < -0.4 is 0 Å². The average Bonchev–Trinajstić information content (AvgIpc) is 4.45. The molecule has 17 rings (SSSR count). The van der Waals surface area contributed by atoms with E-state index in [2.05, 4.69) is 193 Å². The van der Waals surface area contributed by atoms with Gasteiger partial charge in [0.15, 0.2) is 5.69 Å². The molecule has 0 saturated carbocycles. The Morgan fingerprint density at radius 3 is 1.15 bits per heavy atom. The van der Waals surface area contributed by atoms with Crippen LogP contribution in [0, 0.1) is 17.9 Å². The van der Waals surface area contributed by atoms with Crippen molar-refractivity contribution in [3.8, 4) is 71.5 Å². The van der Waals surface area contributed by atoms with Gasteiger partial charge in [0.05, 0.1) is 49.8 Å². The highest BCUT2D eigenvalue weighted by molar-refractivity contribution is 7.21. The molecule has 4 aliphatic carbocycles. The summed E-state index contributed by atoms with van der Waals surface area (Å²) in [5.41, 5.74) is 25.4. The van der Waals surface area contributed by atoms with Gasteiger partial charge in [-0.05, 0) is 123 Å². The zero-order valence-electron chi connectivity index (χ0n) is 40.0. The lowest BCUT2D eigenvalue weighted by atomic mass is 9.70. The normalized spacial score (nSPS) is 14.1. The Hall–Kier alpha value is -9.78. The largest absolute Gasteiger partial charge is 0.242 e. The third kappa shape index (κ3) is 4.86. The Morgan fingerprint density at radius 2 is 0.720 bits per heavy atom. The van der Waals surface area contributed by atoms with E-state index in [0.717, 1.165) is 53.5 Å². The molecule has 0 saturated heterocycles. The molecule has 4 aliphatic rings. The quantitative estimate of drug-likeness (QED) is 0.128. The molecule has 0 amide bonds. The van der Waals surface area contributed by atoms with Crippen molar-refractivity contribution >= 4 is 60.6 Å². The van der Waals surface area contributed by atoms with E-state index in [-0.39, 0.29) is 0 Å². The summed E-state index contributed by atoms with van der Waals surface area (Å²) in [7, 11) is 0. The summed E-state index contributed by atoms with van der Waals surface area (Å²) in [4.78, 5) is 17.7. The van der Waals surface area contributed by atoms with Gasteiger partial charge in [0.25, 0.3) is 0 Å². The molecular weight excluding hydrogens is 929 g/mol. The monoisotopic (exact) mass is 964 g/mol. The lowest BCUT2D eigenvalue weighted by Gasteiger charge is -2.30. The maximum Gasteiger partial charge on any atom is 0.187 e. The summed E-state index contributed by atoms with van der Waals surface area (Å²) in [5.74, 6) is 0. The van der Waals surface area contributed by atoms with Gasteiger partial charge < -0.3 is 0 Å². The average molecular weight is 965 g/mol. The molecule has 0 radical (unpaired) electrons. The summed E-state index contributed by atoms with van der Waals surface area (Å²) >= 11 is 1.78. The Morgan fingerprint density at radius 1 is 0.360 bits per heavy atom. The molecule has 0 aliphatic heterocycles. The molecule has 0 bridgehead atoms. The number of aromatic nitrogens is 2. The first-order valence-electron chi connectivity index (χ1n) is 25.4. The third-order valence-electron chi connectivity index (χ3n) is 17.1. The summed E-state index contributed by atoms with van der Waals surface area (Å²) in [6.45, 7) is 8.12. The van der Waals surface area contributed by atoms with Crippen LogP contribution in [0.5, 0.6) is 0 Å². The van der Waals surface area contributed by atoms with E-state index in [1.54, 1.807) is 11.3 Å². The molecule has 13 aromatic rings. The minimum Gasteiger partial charge on any atom is -0.242 e. The molecule has 11 aromatic carbocycles. The molecule has 75 heavy (non-hydrogen) atoms. The van der Waals surface area contributed by atoms with E-state index in [4.69, 9.17) is 16.5 Å². The van der Waals surface area contributed by atoms with Crippen LogP contribution in [0.4, 0.5) is 5.69 Å². The second-order valence-corrected chi connectivity index (χ2v) is 21.3. The van der Waals surface area contributed by atoms with E-state index in [9.17, 15) is 5.26 Å². The molecule has 2 heterocycles. The van der Waals surface area contributed by atoms with Crippen molar-refractivity contribution in [2.75, 3.05) is 0 Å². The number of hydrogen-bond donors (Lipinski definition) is 0. The summed E-state index contributed by atoms with van der Waals surface area (Å²) in [6, 6.07) is 81.8. The highest BCUT2D eigenvalue weighted by Crippen LogP contribution is 2.67. The molecule has 4 nitrogen and oxygen atoms in total. The zero-order chi connectivity index (χ0) is 49.3. The predicted molar refractivity (Wildman–Crippen MR) is 304 cm³/mol. The lowest BCUT2D eigenvalue weighted by molar-refractivity contribution is 0.794. The van der Waals surface area contributed by atoms with Crippen molar-refractivity contribution in [3.05, 3.63) is 280 Å². The highest BCUT2D eigenvalue weighted by atomic mass is 32.1. The second kappa shape index (κ2) is 14.5. The first-order chi connectivity index (χ1) is 37.1. The molecule has 0 N–H and O–H groups in total. The van der Waals surface area contributed by atoms with Crippen LogP contribution in [-0.2, 0) is 10.8 Å². The van der Waals surface area contributed by atoms with Gasteiger partial charge in [-0.2, -0.15) is 5.26 Å². The molecule has 0 unspecified atom stereocenters. The Balaban J connectivity index is 1.03. The fraction of sp³-hybridized carbons (Fsp3) is 0.0286. The van der Waals surface area contributed by atoms with Crippen molar-refractivity contribution < 1.29 is 0 Å². The third-order valence-corrected chi connectivity index (χ3v) is 18.4. The van der Waals surface area contributed by atoms with Crippen LogP contribution in [0.2, 0.25) is 0 Å². The SMILES string of the molecule is [C-]#[N+]c1ccc2c3ccc(C#N)cc3c3nc4c(-c5cccc6c5-c5ccccc5C65c6ccccc6-c6ccccc65)sc(-c5cccc6c5-c5ccccc5C65c6ccccc6-c6ccccc65)c4nc3c2c1. The molecule has 5 heteroatoms. The molecule has 0 fully saturated rings. The molecular formula is C70H36N4S. The van der Waals surface area contributed by atoms with Crippen molar-refractivity contribution in [2.24, 2.45) is 0 Å². The standard InChI is InChI=1S/C70H36N4S/c1-72-40-33-35-42-41-34-32-39(38-71)36-51(41)63-64(52(42)37-40)74-66-65(73-63)67(49-22-14-30-59-61(49)47-20-6-12-28-57(47)69(59)53-24-8-2-16-43(53)44-17-3-9-25-54(44)69)75-68(66)50-23-15-31-60-62(50)48-21-7-13-29-58(48)70(60)55-26-10-4-18-45(55)46-19-5-11-27-56(46)70/h2-37H. The number of nitrogens with zero attached hydrogens (tertiary/aromatic N) is 4. The summed E-state index contributed by atoms with van der Waals surface area (Å²) in [6.07, 6.45) is 0. The van der Waals surface area contributed by atoms with Crippen LogP contribution >= 0.6 is 11.3 Å². The van der Waals surface area contributed by atoms with Gasteiger partial charge in [0, 0.05) is 16.5 Å². The number of thiophene rings is 1.